The lowest BCUT2D eigenvalue weighted by atomic mass is 9.99. The lowest BCUT2D eigenvalue weighted by Gasteiger charge is -2.06. The molecule has 1 aliphatic rings. The third-order valence-electron chi connectivity index (χ3n) is 4.17. The highest BCUT2D eigenvalue weighted by Gasteiger charge is 2.25. The van der Waals surface area contributed by atoms with E-state index in [9.17, 15) is 0 Å². The van der Waals surface area contributed by atoms with Crippen molar-refractivity contribution >= 4 is 0 Å². The molecule has 102 valence electrons. The van der Waals surface area contributed by atoms with E-state index in [0.29, 0.717) is 0 Å². The predicted octanol–water partition coefficient (Wildman–Crippen LogP) is 4.23. The van der Waals surface area contributed by atoms with Crippen LogP contribution in [0, 0.1) is 0 Å². The molecule has 2 aromatic carbocycles. The fourth-order valence-electron chi connectivity index (χ4n) is 3.12. The molecule has 1 aromatic heterocycles. The second-order valence-electron chi connectivity index (χ2n) is 5.38. The van der Waals surface area contributed by atoms with Gasteiger partial charge in [-0.15, -0.1) is 0 Å². The molecule has 0 bridgehead atoms. The molecular weight excluding hydrogens is 254 g/mol. The number of fused-ring (bicyclic) bond motifs is 3. The summed E-state index contributed by atoms with van der Waals surface area (Å²) in [5.41, 5.74) is 6.61. The normalized spacial score (nSPS) is 14.1. The lowest BCUT2D eigenvalue weighted by Crippen LogP contribution is -2.31. The molecule has 3 aromatic rings. The predicted molar refractivity (Wildman–Crippen MR) is 86.0 cm³/mol. The smallest absolute Gasteiger partial charge is 0.193 e. The molecular formula is C20H18N+. The fourth-order valence-corrected chi connectivity index (χ4v) is 3.12. The summed E-state index contributed by atoms with van der Waals surface area (Å²) in [5.74, 6) is 0. The van der Waals surface area contributed by atoms with Crippen molar-refractivity contribution < 1.29 is 7.31 Å². The van der Waals surface area contributed by atoms with E-state index in [1.165, 1.54) is 16.8 Å². The number of pyridine rings is 1. The Hall–Kier alpha value is -2.41. The van der Waals surface area contributed by atoms with E-state index >= 15 is 0 Å². The molecule has 1 heteroatoms. The van der Waals surface area contributed by atoms with Crippen LogP contribution < -0.4 is 4.57 Å². The minimum absolute atomic E-state index is 0.732. The summed E-state index contributed by atoms with van der Waals surface area (Å²) >= 11 is 0. The SMILES string of the molecule is [2H]C([2H])(C)c1ccccc1-c1ccc2[n+](c1)Cc1ccccc1-2. The first-order chi connectivity index (χ1) is 11.0. The first-order valence-corrected chi connectivity index (χ1v) is 7.26. The van der Waals surface area contributed by atoms with E-state index in [0.717, 1.165) is 23.2 Å². The van der Waals surface area contributed by atoms with Crippen molar-refractivity contribution in [1.82, 2.24) is 0 Å². The maximum Gasteiger partial charge on any atom is 0.213 e. The molecule has 0 spiro atoms. The minimum Gasteiger partial charge on any atom is -0.193 e. The molecule has 0 N–H and O–H groups in total. The minimum atomic E-state index is -1.36. The molecule has 0 saturated heterocycles. The van der Waals surface area contributed by atoms with Crippen molar-refractivity contribution in [3.05, 3.63) is 78.0 Å². The molecule has 1 nitrogen and oxygen atoms in total. The zero-order valence-corrected chi connectivity index (χ0v) is 12.0. The van der Waals surface area contributed by atoms with Crippen LogP contribution in [0.15, 0.2) is 66.9 Å². The van der Waals surface area contributed by atoms with Crippen molar-refractivity contribution in [2.24, 2.45) is 0 Å². The van der Waals surface area contributed by atoms with Crippen molar-refractivity contribution in [3.8, 4) is 22.4 Å². The second-order valence-corrected chi connectivity index (χ2v) is 5.38. The van der Waals surface area contributed by atoms with Crippen molar-refractivity contribution in [2.45, 2.75) is 19.8 Å². The molecule has 0 aliphatic carbocycles. The van der Waals surface area contributed by atoms with Crippen LogP contribution in [0.1, 0.15) is 20.8 Å². The van der Waals surface area contributed by atoms with E-state index in [-0.39, 0.29) is 0 Å². The van der Waals surface area contributed by atoms with E-state index in [2.05, 4.69) is 47.2 Å². The van der Waals surface area contributed by atoms with Crippen molar-refractivity contribution in [3.63, 3.8) is 0 Å². The second kappa shape index (κ2) is 4.85. The maximum atomic E-state index is 8.08. The standard InChI is InChI=1S/C20H18N/c1-2-15-7-3-5-9-18(15)17-11-12-20-19-10-6-4-8-16(19)13-21(20)14-17/h3-12,14H,2,13H2,1H3/q+1/i2D2. The highest BCUT2D eigenvalue weighted by Crippen LogP contribution is 2.29. The average Bonchev–Trinajstić information content (AvgIpc) is 2.91. The summed E-state index contributed by atoms with van der Waals surface area (Å²) in [5, 5.41) is 0. The molecule has 2 heterocycles. The molecule has 0 atom stereocenters. The number of nitrogens with zero attached hydrogens (tertiary/aromatic N) is 1. The summed E-state index contributed by atoms with van der Waals surface area (Å²) in [7, 11) is 0. The third-order valence-corrected chi connectivity index (χ3v) is 4.17. The Bertz CT molecular complexity index is 894. The Morgan fingerprint density at radius 3 is 2.57 bits per heavy atom. The van der Waals surface area contributed by atoms with Crippen LogP contribution in [0.25, 0.3) is 22.4 Å². The topological polar surface area (TPSA) is 3.88 Å². The van der Waals surface area contributed by atoms with Gasteiger partial charge in [-0.1, -0.05) is 49.4 Å². The Labute approximate surface area is 128 Å². The highest BCUT2D eigenvalue weighted by atomic mass is 15.0. The van der Waals surface area contributed by atoms with Gasteiger partial charge >= 0.3 is 0 Å². The highest BCUT2D eigenvalue weighted by molar-refractivity contribution is 5.69. The Kier molecular flexibility index (Phi) is 2.39. The third kappa shape index (κ3) is 1.97. The van der Waals surface area contributed by atoms with Crippen LogP contribution in [0.5, 0.6) is 0 Å². The number of hydrogen-bond acceptors (Lipinski definition) is 0. The number of benzene rings is 2. The number of rotatable bonds is 2. The Balaban J connectivity index is 1.84. The maximum absolute atomic E-state index is 8.08. The molecule has 1 aliphatic heterocycles. The first-order valence-electron chi connectivity index (χ1n) is 8.26. The van der Waals surface area contributed by atoms with Crippen LogP contribution in [0.2, 0.25) is 0 Å². The molecule has 0 unspecified atom stereocenters. The van der Waals surface area contributed by atoms with Gasteiger partial charge in [0.05, 0.1) is 5.56 Å². The summed E-state index contributed by atoms with van der Waals surface area (Å²) in [4.78, 5) is 0. The summed E-state index contributed by atoms with van der Waals surface area (Å²) < 4.78 is 18.4. The number of aryl methyl sites for hydroxylation is 1. The van der Waals surface area contributed by atoms with E-state index in [4.69, 9.17) is 2.74 Å². The van der Waals surface area contributed by atoms with Gasteiger partial charge in [-0.25, -0.2) is 0 Å². The molecule has 0 radical (unpaired) electrons. The molecule has 4 rings (SSSR count). The van der Waals surface area contributed by atoms with Crippen LogP contribution in [-0.2, 0) is 12.9 Å². The van der Waals surface area contributed by atoms with Crippen molar-refractivity contribution in [2.75, 3.05) is 0 Å². The van der Waals surface area contributed by atoms with Crippen LogP contribution >= 0.6 is 0 Å². The van der Waals surface area contributed by atoms with Gasteiger partial charge in [0, 0.05) is 19.9 Å². The Morgan fingerprint density at radius 2 is 1.71 bits per heavy atom. The van der Waals surface area contributed by atoms with E-state index in [1.54, 1.807) is 6.92 Å². The van der Waals surface area contributed by atoms with Gasteiger partial charge in [-0.05, 0) is 29.6 Å². The lowest BCUT2D eigenvalue weighted by molar-refractivity contribution is -0.671. The summed E-state index contributed by atoms with van der Waals surface area (Å²) in [6.45, 7) is 2.49. The average molecular weight is 274 g/mol. The monoisotopic (exact) mass is 274 g/mol. The quantitative estimate of drug-likeness (QED) is 0.482. The fraction of sp³-hybridized carbons (Fsp3) is 0.150. The number of hydrogen-bond donors (Lipinski definition) is 0. The zero-order valence-electron chi connectivity index (χ0n) is 14.0. The van der Waals surface area contributed by atoms with Gasteiger partial charge in [0.15, 0.2) is 12.7 Å². The van der Waals surface area contributed by atoms with Gasteiger partial charge in [-0.2, -0.15) is 4.57 Å². The largest absolute Gasteiger partial charge is 0.213 e. The molecule has 21 heavy (non-hydrogen) atoms. The van der Waals surface area contributed by atoms with Crippen molar-refractivity contribution in [1.29, 1.82) is 0 Å². The zero-order chi connectivity index (χ0) is 16.0. The molecule has 0 saturated carbocycles. The van der Waals surface area contributed by atoms with Gasteiger partial charge in [0.1, 0.15) is 0 Å². The number of aromatic nitrogens is 1. The summed E-state index contributed by atoms with van der Waals surface area (Å²) in [6.07, 6.45) is 0.781. The molecule has 0 fully saturated rings. The first kappa shape index (κ1) is 10.3. The Morgan fingerprint density at radius 1 is 0.952 bits per heavy atom. The van der Waals surface area contributed by atoms with Crippen LogP contribution in [0.4, 0.5) is 0 Å². The van der Waals surface area contributed by atoms with E-state index < -0.39 is 6.37 Å². The van der Waals surface area contributed by atoms with Gasteiger partial charge in [-0.3, -0.25) is 0 Å². The van der Waals surface area contributed by atoms with Gasteiger partial charge in [0.2, 0.25) is 5.69 Å². The van der Waals surface area contributed by atoms with Crippen LogP contribution in [-0.4, -0.2) is 0 Å². The molecule has 0 amide bonds. The summed E-state index contributed by atoms with van der Waals surface area (Å²) in [6, 6.07) is 20.5. The van der Waals surface area contributed by atoms with Gasteiger partial charge in [0.25, 0.3) is 0 Å². The van der Waals surface area contributed by atoms with Gasteiger partial charge < -0.3 is 0 Å². The van der Waals surface area contributed by atoms with Crippen LogP contribution in [0.3, 0.4) is 0 Å². The van der Waals surface area contributed by atoms with E-state index in [1.807, 2.05) is 24.3 Å².